The van der Waals surface area contributed by atoms with Crippen LogP contribution in [0.25, 0.3) is 0 Å². The number of rotatable bonds is 0. The molecule has 1 aromatic heterocycles. The maximum Gasteiger partial charge on any atom is 0.116 e. The minimum absolute atomic E-state index is 0.719. The first-order chi connectivity index (χ1) is 3.79. The molecule has 0 amide bonds. The van der Waals surface area contributed by atoms with Crippen molar-refractivity contribution < 1.29 is 0 Å². The van der Waals surface area contributed by atoms with E-state index in [0.717, 1.165) is 9.03 Å². The van der Waals surface area contributed by atoms with Gasteiger partial charge in [-0.15, -0.1) is 0 Å². The van der Waals surface area contributed by atoms with Gasteiger partial charge in [-0.3, -0.25) is 4.98 Å². The molecule has 0 fully saturated rings. The fourth-order valence-electron chi connectivity index (χ4n) is 0.428. The Morgan fingerprint density at radius 1 is 1.50 bits per heavy atom. The van der Waals surface area contributed by atoms with Gasteiger partial charge in [-0.25, -0.2) is 0 Å². The van der Waals surface area contributed by atoms with Gasteiger partial charge in [0.15, 0.2) is 0 Å². The van der Waals surface area contributed by atoms with E-state index in [4.69, 9.17) is 7.85 Å². The molecule has 1 nitrogen and oxygen atoms in total. The molecule has 0 aliphatic rings. The highest BCUT2D eigenvalue weighted by Gasteiger charge is 1.83. The van der Waals surface area contributed by atoms with Crippen LogP contribution in [0.3, 0.4) is 0 Å². The molecule has 0 bridgehead atoms. The van der Waals surface area contributed by atoms with Gasteiger partial charge in [-0.2, -0.15) is 0 Å². The van der Waals surface area contributed by atoms with Crippen molar-refractivity contribution >= 4 is 35.9 Å². The zero-order chi connectivity index (χ0) is 5.98. The van der Waals surface area contributed by atoms with Crippen LogP contribution in [0.4, 0.5) is 0 Å². The molecule has 0 N–H and O–H groups in total. The van der Waals surface area contributed by atoms with Crippen LogP contribution >= 0.6 is 22.6 Å². The lowest BCUT2D eigenvalue weighted by molar-refractivity contribution is 1.33. The van der Waals surface area contributed by atoms with Crippen molar-refractivity contribution in [2.45, 2.75) is 0 Å². The largest absolute Gasteiger partial charge is 0.264 e. The normalized spacial score (nSPS) is 9.12. The van der Waals surface area contributed by atoms with Gasteiger partial charge in [0.1, 0.15) is 7.85 Å². The summed E-state index contributed by atoms with van der Waals surface area (Å²) in [6, 6.07) is 1.87. The van der Waals surface area contributed by atoms with Crippen LogP contribution in [-0.4, -0.2) is 12.8 Å². The first kappa shape index (κ1) is 6.07. The van der Waals surface area contributed by atoms with Crippen LogP contribution in [0.5, 0.6) is 0 Å². The average molecular weight is 215 g/mol. The SMILES string of the molecule is [B]c1cncc(I)c1. The first-order valence-electron chi connectivity index (χ1n) is 2.15. The molecule has 0 aliphatic carbocycles. The van der Waals surface area contributed by atoms with E-state index in [2.05, 4.69) is 27.6 Å². The molecule has 1 heterocycles. The number of halogens is 1. The van der Waals surface area contributed by atoms with Crippen LogP contribution in [0.15, 0.2) is 18.5 Å². The molecular formula is C5H3BIN. The maximum atomic E-state index is 5.39. The van der Waals surface area contributed by atoms with Gasteiger partial charge in [0.25, 0.3) is 0 Å². The smallest absolute Gasteiger partial charge is 0.116 e. The monoisotopic (exact) mass is 215 g/mol. The summed E-state index contributed by atoms with van der Waals surface area (Å²) in [6.45, 7) is 0. The fourth-order valence-corrected chi connectivity index (χ4v) is 0.949. The van der Waals surface area contributed by atoms with Gasteiger partial charge in [0.2, 0.25) is 0 Å². The average Bonchev–Trinajstić information content (AvgIpc) is 1.64. The Kier molecular flexibility index (Phi) is 1.88. The van der Waals surface area contributed by atoms with Crippen LogP contribution < -0.4 is 5.46 Å². The van der Waals surface area contributed by atoms with Gasteiger partial charge >= 0.3 is 0 Å². The Morgan fingerprint density at radius 3 is 2.62 bits per heavy atom. The lowest BCUT2D eigenvalue weighted by atomic mass is 10.00. The van der Waals surface area contributed by atoms with E-state index in [1.54, 1.807) is 12.4 Å². The van der Waals surface area contributed by atoms with Crippen molar-refractivity contribution in [2.24, 2.45) is 0 Å². The highest BCUT2D eigenvalue weighted by atomic mass is 127. The molecule has 0 saturated heterocycles. The number of hydrogen-bond acceptors (Lipinski definition) is 1. The summed E-state index contributed by atoms with van der Waals surface area (Å²) in [5.41, 5.74) is 0.719. The van der Waals surface area contributed by atoms with Gasteiger partial charge in [0.05, 0.1) is 0 Å². The van der Waals surface area contributed by atoms with E-state index in [-0.39, 0.29) is 0 Å². The van der Waals surface area contributed by atoms with Crippen molar-refractivity contribution in [1.82, 2.24) is 4.98 Å². The molecule has 1 rings (SSSR count). The molecule has 0 unspecified atom stereocenters. The summed E-state index contributed by atoms with van der Waals surface area (Å²) in [7, 11) is 5.39. The summed E-state index contributed by atoms with van der Waals surface area (Å²) in [5, 5.41) is 0. The summed E-state index contributed by atoms with van der Waals surface area (Å²) in [5.74, 6) is 0. The molecule has 0 atom stereocenters. The molecule has 3 heteroatoms. The standard InChI is InChI=1S/C5H3BIN/c6-4-1-5(7)3-8-2-4/h1-3H. The lowest BCUT2D eigenvalue weighted by Gasteiger charge is -1.88. The van der Waals surface area contributed by atoms with Crippen molar-refractivity contribution in [3.63, 3.8) is 0 Å². The number of nitrogens with zero attached hydrogens (tertiary/aromatic N) is 1. The van der Waals surface area contributed by atoms with Crippen molar-refractivity contribution in [3.05, 3.63) is 22.0 Å². The topological polar surface area (TPSA) is 12.9 Å². The molecule has 0 saturated carbocycles. The first-order valence-corrected chi connectivity index (χ1v) is 3.23. The Morgan fingerprint density at radius 2 is 2.25 bits per heavy atom. The van der Waals surface area contributed by atoms with Crippen LogP contribution in [0.1, 0.15) is 0 Å². The molecule has 0 aliphatic heterocycles. The Labute approximate surface area is 63.1 Å². The quantitative estimate of drug-likeness (QED) is 0.453. The van der Waals surface area contributed by atoms with Gasteiger partial charge < -0.3 is 0 Å². The zero-order valence-electron chi connectivity index (χ0n) is 4.13. The third kappa shape index (κ3) is 1.47. The van der Waals surface area contributed by atoms with Crippen molar-refractivity contribution in [1.29, 1.82) is 0 Å². The van der Waals surface area contributed by atoms with Gasteiger partial charge in [-0.05, 0) is 22.6 Å². The number of hydrogen-bond donors (Lipinski definition) is 0. The van der Waals surface area contributed by atoms with E-state index in [1.165, 1.54) is 0 Å². The zero-order valence-corrected chi connectivity index (χ0v) is 6.29. The Balaban J connectivity index is 3.08. The summed E-state index contributed by atoms with van der Waals surface area (Å²) < 4.78 is 1.07. The molecule has 0 aromatic carbocycles. The van der Waals surface area contributed by atoms with Crippen molar-refractivity contribution in [2.75, 3.05) is 0 Å². The third-order valence-corrected chi connectivity index (χ3v) is 1.32. The third-order valence-electron chi connectivity index (χ3n) is 0.726. The maximum absolute atomic E-state index is 5.39. The molecular weight excluding hydrogens is 212 g/mol. The lowest BCUT2D eigenvalue weighted by Crippen LogP contribution is -2.01. The predicted octanol–water partition coefficient (Wildman–Crippen LogP) is 0.480. The Hall–Kier alpha value is -0.0551. The highest BCUT2D eigenvalue weighted by molar-refractivity contribution is 14.1. The highest BCUT2D eigenvalue weighted by Crippen LogP contribution is 1.95. The summed E-state index contributed by atoms with van der Waals surface area (Å²) in [4.78, 5) is 3.85. The minimum atomic E-state index is 0.719. The van der Waals surface area contributed by atoms with E-state index in [1.807, 2.05) is 6.07 Å². The van der Waals surface area contributed by atoms with E-state index in [9.17, 15) is 0 Å². The van der Waals surface area contributed by atoms with E-state index < -0.39 is 0 Å². The second-order valence-electron chi connectivity index (χ2n) is 1.44. The minimum Gasteiger partial charge on any atom is -0.264 e. The second kappa shape index (κ2) is 2.48. The molecule has 38 valence electrons. The van der Waals surface area contributed by atoms with Crippen LogP contribution in [0.2, 0.25) is 0 Å². The van der Waals surface area contributed by atoms with Crippen molar-refractivity contribution in [3.8, 4) is 0 Å². The van der Waals surface area contributed by atoms with Gasteiger partial charge in [0, 0.05) is 16.0 Å². The van der Waals surface area contributed by atoms with Crippen LogP contribution in [-0.2, 0) is 0 Å². The summed E-state index contributed by atoms with van der Waals surface area (Å²) in [6.07, 6.45) is 3.39. The second-order valence-corrected chi connectivity index (χ2v) is 2.68. The predicted molar refractivity (Wildman–Crippen MR) is 42.3 cm³/mol. The molecule has 2 radical (unpaired) electrons. The van der Waals surface area contributed by atoms with Gasteiger partial charge in [-0.1, -0.05) is 11.5 Å². The molecule has 0 spiro atoms. The fraction of sp³-hybridized carbons (Fsp3) is 0. The number of aromatic nitrogens is 1. The van der Waals surface area contributed by atoms with Crippen LogP contribution in [0, 0.1) is 3.57 Å². The number of pyridine rings is 1. The molecule has 8 heavy (non-hydrogen) atoms. The van der Waals surface area contributed by atoms with E-state index in [0.29, 0.717) is 0 Å². The Bertz CT molecular complexity index is 172. The summed E-state index contributed by atoms with van der Waals surface area (Å²) >= 11 is 2.16. The molecule has 1 aromatic rings. The van der Waals surface area contributed by atoms with E-state index >= 15 is 0 Å².